The van der Waals surface area contributed by atoms with Crippen LogP contribution in [0.3, 0.4) is 0 Å². The Kier molecular flexibility index (Phi) is 17.5. The van der Waals surface area contributed by atoms with Crippen molar-refractivity contribution in [2.45, 2.75) is 6.92 Å². The van der Waals surface area contributed by atoms with Crippen LogP contribution in [0.15, 0.2) is 417 Å². The van der Waals surface area contributed by atoms with E-state index in [0.29, 0.717) is 5.69 Å². The van der Waals surface area contributed by atoms with Gasteiger partial charge < -0.3 is 23.0 Å². The number of fused-ring (bicyclic) bond motifs is 24. The lowest BCUT2D eigenvalue weighted by Gasteiger charge is -2.25. The van der Waals surface area contributed by atoms with E-state index >= 15 is 0 Å². The molecule has 602 valence electrons. The first-order valence-corrected chi connectivity index (χ1v) is 44.0. The van der Waals surface area contributed by atoms with Gasteiger partial charge in [-0.2, -0.15) is 5.26 Å². The predicted octanol–water partition coefficient (Wildman–Crippen LogP) is 30.6. The third-order valence-electron chi connectivity index (χ3n) is 25.3. The van der Waals surface area contributed by atoms with Gasteiger partial charge in [-0.1, -0.05) is 218 Å². The fourth-order valence-electron chi connectivity index (χ4n) is 19.6. The second-order valence-corrected chi connectivity index (χ2v) is 33.8. The summed E-state index contributed by atoms with van der Waals surface area (Å²) in [5, 5.41) is 28.4. The number of thiophene rings is 1. The Morgan fingerprint density at radius 3 is 1.25 bits per heavy atom. The molecule has 0 bridgehead atoms. The molecule has 0 N–H and O–H groups in total. The lowest BCUT2D eigenvalue weighted by Crippen LogP contribution is -2.09. The van der Waals surface area contributed by atoms with Gasteiger partial charge >= 0.3 is 0 Å². The molecule has 0 aliphatic rings. The van der Waals surface area contributed by atoms with Crippen LogP contribution in [0.2, 0.25) is 0 Å². The summed E-state index contributed by atoms with van der Waals surface area (Å²) in [6, 6.07) is 140. The topological polar surface area (TPSA) is 132 Å². The van der Waals surface area contributed by atoms with Crippen LogP contribution in [0.4, 0.5) is 17.1 Å². The Hall–Kier alpha value is -17.3. The van der Waals surface area contributed by atoms with E-state index in [1.54, 1.807) is 29.9 Å². The number of hydrogen-bond donors (Lipinski definition) is 0. The van der Waals surface area contributed by atoms with Crippen molar-refractivity contribution in [2.75, 3.05) is 4.90 Å². The third kappa shape index (κ3) is 12.3. The summed E-state index contributed by atoms with van der Waals surface area (Å²) in [7, 11) is 0. The Labute approximate surface area is 742 Å². The van der Waals surface area contributed by atoms with Crippen molar-refractivity contribution in [1.82, 2.24) is 43.6 Å². The number of nitrogens with zero attached hydrogens (tertiary/aromatic N) is 11. The fourth-order valence-corrected chi connectivity index (χ4v) is 20.8. The largest absolute Gasteiger partial charge is 0.456 e. The maximum Gasteiger partial charge on any atom is 0.159 e. The molecular weight excluding hydrogens is 1600 g/mol. The molecule has 0 atom stereocenters. The minimum absolute atomic E-state index is 0.311. The Morgan fingerprint density at radius 2 is 0.705 bits per heavy atom. The summed E-state index contributed by atoms with van der Waals surface area (Å²) >= 11 is 1.80. The molecular formula is C116H71N11OS. The first-order valence-electron chi connectivity index (χ1n) is 43.1. The van der Waals surface area contributed by atoms with E-state index in [0.717, 1.165) is 183 Å². The number of benzene rings is 19. The van der Waals surface area contributed by atoms with Gasteiger partial charge in [0.25, 0.3) is 0 Å². The lowest BCUT2D eigenvalue weighted by molar-refractivity contribution is 0.669. The second-order valence-electron chi connectivity index (χ2n) is 32.8. The van der Waals surface area contributed by atoms with Crippen molar-refractivity contribution in [3.63, 3.8) is 0 Å². The second kappa shape index (κ2) is 30.3. The molecule has 8 aromatic heterocycles. The Bertz CT molecular complexity index is 9240. The average molecular weight is 1670 g/mol. The van der Waals surface area contributed by atoms with Gasteiger partial charge in [0.2, 0.25) is 0 Å². The van der Waals surface area contributed by atoms with Crippen molar-refractivity contribution in [3.05, 3.63) is 424 Å². The highest BCUT2D eigenvalue weighted by atomic mass is 32.1. The normalized spacial score (nSPS) is 11.8. The van der Waals surface area contributed by atoms with E-state index in [4.69, 9.17) is 34.3 Å². The summed E-state index contributed by atoms with van der Waals surface area (Å²) in [5.41, 5.74) is 28.3. The summed E-state index contributed by atoms with van der Waals surface area (Å²) in [6.07, 6.45) is 7.04. The van der Waals surface area contributed by atoms with Crippen LogP contribution < -0.4 is 4.90 Å². The van der Waals surface area contributed by atoms with Crippen LogP contribution in [-0.2, 0) is 0 Å². The number of rotatable bonds is 9. The number of furan rings is 1. The van der Waals surface area contributed by atoms with Crippen LogP contribution >= 0.6 is 11.3 Å². The molecule has 27 rings (SSSR count). The smallest absolute Gasteiger partial charge is 0.159 e. The molecule has 19 aromatic carbocycles. The zero-order valence-electron chi connectivity index (χ0n) is 69.5. The minimum Gasteiger partial charge on any atom is -0.456 e. The highest BCUT2D eigenvalue weighted by molar-refractivity contribution is 7.26. The maximum absolute atomic E-state index is 9.77. The monoisotopic (exact) mass is 1670 g/mol. The van der Waals surface area contributed by atoms with E-state index in [2.05, 4.69) is 395 Å². The zero-order chi connectivity index (χ0) is 85.3. The third-order valence-corrected chi connectivity index (χ3v) is 26.6. The summed E-state index contributed by atoms with van der Waals surface area (Å²) in [5.74, 6) is 0. The molecule has 129 heavy (non-hydrogen) atoms. The highest BCUT2D eigenvalue weighted by Crippen LogP contribution is 2.48. The van der Waals surface area contributed by atoms with Crippen LogP contribution in [0.5, 0.6) is 0 Å². The molecule has 0 saturated heterocycles. The molecule has 8 heterocycles. The lowest BCUT2D eigenvalue weighted by atomic mass is 9.96. The van der Waals surface area contributed by atoms with Crippen LogP contribution in [0.1, 0.15) is 11.4 Å². The number of hydrogen-bond acceptors (Lipinski definition) is 10. The molecule has 0 unspecified atom stereocenters. The van der Waals surface area contributed by atoms with Crippen molar-refractivity contribution < 1.29 is 4.42 Å². The van der Waals surface area contributed by atoms with Crippen LogP contribution in [-0.4, -0.2) is 43.6 Å². The molecule has 0 saturated carbocycles. The standard InChI is InChI=1S/C42H28N4.C37H20N4S.C37H23N3O/c1-4-12-31(13-5-1)45(32-14-6-2-7-15-32)34-22-20-29(21-23-34)36-26-30-27-38-35-18-10-11-19-39(35)46(33-16-8-3-9-17-33)40(38)28-37(30)42-41(36)43-24-25-44-42;38-20-23-21-39-35-29-19-33-30(25-11-4-6-15-32(25)41(33)24-9-2-1-3-10-24)17-22(29)18-31(36(35)40-23)28-14-8-13-27-26-12-5-7-16-34(26)42-37(27)28;1-22-21-38-36-29-20-33-30(26-11-5-7-13-32(26)40(33)25-9-3-2-4-10-25)19-24(29)18-28(37(36)39-22)23-15-16-35-31(17-23)27-12-6-8-14-34(27)41-35/h1-28H;1-19,21H;2-21H,1H3. The van der Waals surface area contributed by atoms with Crippen LogP contribution in [0.25, 0.3) is 223 Å². The number of aromatic nitrogens is 9. The highest BCUT2D eigenvalue weighted by Gasteiger charge is 2.25. The quantitative estimate of drug-likeness (QED) is 0.130. The zero-order valence-corrected chi connectivity index (χ0v) is 70.3. The molecule has 0 radical (unpaired) electrons. The first kappa shape index (κ1) is 74.3. The molecule has 27 aromatic rings. The summed E-state index contributed by atoms with van der Waals surface area (Å²) < 4.78 is 15.6. The number of aryl methyl sites for hydroxylation is 1. The first-order chi connectivity index (χ1) is 63.8. The molecule has 0 fully saturated rings. The van der Waals surface area contributed by atoms with E-state index in [1.165, 1.54) is 63.5 Å². The maximum atomic E-state index is 9.77. The molecule has 0 spiro atoms. The van der Waals surface area contributed by atoms with Crippen molar-refractivity contribution >= 4 is 201 Å². The van der Waals surface area contributed by atoms with E-state index in [-0.39, 0.29) is 0 Å². The molecule has 13 heteroatoms. The Balaban J connectivity index is 0.000000105. The molecule has 0 amide bonds. The summed E-state index contributed by atoms with van der Waals surface area (Å²) in [4.78, 5) is 31.8. The SMILES string of the molecule is Cc1cnc2c(n1)c(-c1ccc3oc4ccccc4c3c1)cc1cc3c4ccccc4n(-c4ccccc4)c3cc12.N#Cc1cnc2c(n1)c(-c1cccc3c1sc1ccccc13)cc1cc3c4ccccc4n(-c4ccccc4)c3cc12.c1ccc(N(c2ccccc2)c2ccc(-c3cc4cc5c6ccccc6n(-c6ccccc6)c5cc4c4nccnc34)cc2)cc1. The van der Waals surface area contributed by atoms with E-state index < -0.39 is 0 Å². The fraction of sp³-hybridized carbons (Fsp3) is 0.00862. The van der Waals surface area contributed by atoms with Gasteiger partial charge in [0.15, 0.2) is 5.69 Å². The number of anilines is 3. The van der Waals surface area contributed by atoms with Crippen molar-refractivity contribution in [2.24, 2.45) is 0 Å². The van der Waals surface area contributed by atoms with Gasteiger partial charge in [0.1, 0.15) is 17.2 Å². The van der Waals surface area contributed by atoms with E-state index in [9.17, 15) is 5.26 Å². The van der Waals surface area contributed by atoms with Crippen LogP contribution in [0, 0.1) is 18.3 Å². The average Bonchev–Trinajstić information content (AvgIpc) is 1.55. The van der Waals surface area contributed by atoms with Gasteiger partial charge in [0, 0.05) is 154 Å². The minimum atomic E-state index is 0.311. The number of nitriles is 1. The predicted molar refractivity (Wildman–Crippen MR) is 535 cm³/mol. The molecule has 12 nitrogen and oxygen atoms in total. The van der Waals surface area contributed by atoms with Gasteiger partial charge in [-0.3, -0.25) is 19.9 Å². The van der Waals surface area contributed by atoms with Gasteiger partial charge in [0.05, 0.1) is 78.1 Å². The molecule has 0 aliphatic carbocycles. The Morgan fingerprint density at radius 1 is 0.287 bits per heavy atom. The summed E-state index contributed by atoms with van der Waals surface area (Å²) in [6.45, 7) is 2.00. The van der Waals surface area contributed by atoms with Crippen molar-refractivity contribution in [1.29, 1.82) is 5.26 Å². The molecule has 0 aliphatic heterocycles. The number of para-hydroxylation sites is 9. The van der Waals surface area contributed by atoms with Gasteiger partial charge in [-0.05, 0) is 204 Å². The van der Waals surface area contributed by atoms with Gasteiger partial charge in [-0.15, -0.1) is 11.3 Å². The van der Waals surface area contributed by atoms with E-state index in [1.807, 2.05) is 31.3 Å². The van der Waals surface area contributed by atoms with Gasteiger partial charge in [-0.25, -0.2) is 9.97 Å². The van der Waals surface area contributed by atoms with Crippen molar-refractivity contribution in [3.8, 4) is 56.5 Å².